The molecule has 0 aromatic rings. The fourth-order valence-electron chi connectivity index (χ4n) is 1.17. The summed E-state index contributed by atoms with van der Waals surface area (Å²) in [6.07, 6.45) is 4.17. The minimum Gasteiger partial charge on any atom is -0.498 e. The summed E-state index contributed by atoms with van der Waals surface area (Å²) in [5.41, 5.74) is 0. The van der Waals surface area contributed by atoms with Crippen LogP contribution in [0.3, 0.4) is 0 Å². The Morgan fingerprint density at radius 1 is 1.67 bits per heavy atom. The van der Waals surface area contributed by atoms with Gasteiger partial charge in [-0.05, 0) is 18.9 Å². The highest BCUT2D eigenvalue weighted by molar-refractivity contribution is 9.09. The first-order valence-electron chi connectivity index (χ1n) is 4.35. The lowest BCUT2D eigenvalue weighted by Gasteiger charge is -2.16. The van der Waals surface area contributed by atoms with E-state index in [1.807, 2.05) is 6.08 Å². The molecule has 1 atom stereocenters. The van der Waals surface area contributed by atoms with Gasteiger partial charge in [-0.1, -0.05) is 15.9 Å². The first-order valence-corrected chi connectivity index (χ1v) is 5.47. The second-order valence-electron chi connectivity index (χ2n) is 2.93. The Balaban J connectivity index is 2.15. The van der Waals surface area contributed by atoms with Gasteiger partial charge in [-0.3, -0.25) is 0 Å². The summed E-state index contributed by atoms with van der Waals surface area (Å²) < 4.78 is 18.1. The Morgan fingerprint density at radius 3 is 3.08 bits per heavy atom. The minimum atomic E-state index is -0.645. The first kappa shape index (κ1) is 10.0. The molecule has 0 radical (unpaired) electrons. The van der Waals surface area contributed by atoms with Gasteiger partial charge in [0.2, 0.25) is 0 Å². The molecule has 0 N–H and O–H groups in total. The fraction of sp³-hybridized carbons (Fsp3) is 0.778. The summed E-state index contributed by atoms with van der Waals surface area (Å²) in [6.45, 7) is 0.744. The second-order valence-corrected chi connectivity index (χ2v) is 3.73. The maximum absolute atomic E-state index is 12.6. The molecule has 0 fully saturated rings. The Bertz CT molecular complexity index is 159. The van der Waals surface area contributed by atoms with Gasteiger partial charge in [0.15, 0.2) is 0 Å². The van der Waals surface area contributed by atoms with E-state index in [1.54, 1.807) is 0 Å². The normalized spacial score (nSPS) is 23.5. The fourth-order valence-corrected chi connectivity index (χ4v) is 1.40. The standard InChI is InChI=1S/C9H14BrFO/c10-6-1-7-12-9-4-2-8(11)3-5-9/h4,8H,1-3,5-7H2. The van der Waals surface area contributed by atoms with E-state index < -0.39 is 6.17 Å². The van der Waals surface area contributed by atoms with E-state index in [9.17, 15) is 4.39 Å². The number of rotatable bonds is 4. The molecule has 1 rings (SSSR count). The summed E-state index contributed by atoms with van der Waals surface area (Å²) in [6, 6.07) is 0. The van der Waals surface area contributed by atoms with Crippen molar-refractivity contribution in [2.75, 3.05) is 11.9 Å². The van der Waals surface area contributed by atoms with E-state index in [2.05, 4.69) is 15.9 Å². The van der Waals surface area contributed by atoms with Gasteiger partial charge >= 0.3 is 0 Å². The third kappa shape index (κ3) is 3.57. The second kappa shape index (κ2) is 5.57. The zero-order chi connectivity index (χ0) is 8.81. The van der Waals surface area contributed by atoms with Crippen LogP contribution >= 0.6 is 15.9 Å². The van der Waals surface area contributed by atoms with Crippen molar-refractivity contribution in [3.63, 3.8) is 0 Å². The molecule has 0 heterocycles. The summed E-state index contributed by atoms with van der Waals surface area (Å²) in [4.78, 5) is 0. The Kier molecular flexibility index (Phi) is 4.66. The van der Waals surface area contributed by atoms with Crippen molar-refractivity contribution in [1.82, 2.24) is 0 Å². The third-order valence-corrected chi connectivity index (χ3v) is 2.43. The Morgan fingerprint density at radius 2 is 2.50 bits per heavy atom. The van der Waals surface area contributed by atoms with Gasteiger partial charge in [0.05, 0.1) is 12.4 Å². The molecule has 0 spiro atoms. The van der Waals surface area contributed by atoms with Gasteiger partial charge in [-0.25, -0.2) is 4.39 Å². The summed E-state index contributed by atoms with van der Waals surface area (Å²) >= 11 is 3.32. The number of alkyl halides is 2. The van der Waals surface area contributed by atoms with E-state index in [0.29, 0.717) is 12.8 Å². The lowest BCUT2D eigenvalue weighted by atomic mass is 10.0. The third-order valence-electron chi connectivity index (χ3n) is 1.87. The van der Waals surface area contributed by atoms with Gasteiger partial charge in [0.1, 0.15) is 6.17 Å². The van der Waals surface area contributed by atoms with Crippen LogP contribution < -0.4 is 0 Å². The van der Waals surface area contributed by atoms with Gasteiger partial charge in [-0.2, -0.15) is 0 Å². The zero-order valence-electron chi connectivity index (χ0n) is 7.06. The van der Waals surface area contributed by atoms with Crippen molar-refractivity contribution in [2.45, 2.75) is 31.9 Å². The van der Waals surface area contributed by atoms with Crippen molar-refractivity contribution in [3.05, 3.63) is 11.8 Å². The van der Waals surface area contributed by atoms with Crippen molar-refractivity contribution in [3.8, 4) is 0 Å². The molecule has 0 bridgehead atoms. The van der Waals surface area contributed by atoms with Crippen molar-refractivity contribution < 1.29 is 9.13 Å². The first-order chi connectivity index (χ1) is 5.83. The molecule has 3 heteroatoms. The monoisotopic (exact) mass is 236 g/mol. The predicted molar refractivity (Wildman–Crippen MR) is 51.2 cm³/mol. The summed E-state index contributed by atoms with van der Waals surface area (Å²) in [5.74, 6) is 0.977. The number of ether oxygens (including phenoxy) is 1. The molecule has 0 aliphatic heterocycles. The number of hydrogen-bond acceptors (Lipinski definition) is 1. The SMILES string of the molecule is FC1CC=C(OCCCBr)CC1. The van der Waals surface area contributed by atoms with Gasteiger partial charge in [0, 0.05) is 18.2 Å². The van der Waals surface area contributed by atoms with Gasteiger partial charge < -0.3 is 4.74 Å². The molecule has 1 aliphatic carbocycles. The van der Waals surface area contributed by atoms with Crippen molar-refractivity contribution >= 4 is 15.9 Å². The largest absolute Gasteiger partial charge is 0.498 e. The van der Waals surface area contributed by atoms with Crippen LogP contribution in [0, 0.1) is 0 Å². The van der Waals surface area contributed by atoms with Crippen molar-refractivity contribution in [1.29, 1.82) is 0 Å². The molecule has 1 unspecified atom stereocenters. The highest BCUT2D eigenvalue weighted by Gasteiger charge is 2.13. The van der Waals surface area contributed by atoms with Crippen LogP contribution in [0.2, 0.25) is 0 Å². The van der Waals surface area contributed by atoms with Gasteiger partial charge in [0.25, 0.3) is 0 Å². The Labute approximate surface area is 81.1 Å². The van der Waals surface area contributed by atoms with Crippen LogP contribution in [0.1, 0.15) is 25.7 Å². The number of allylic oxidation sites excluding steroid dienone is 2. The van der Waals surface area contributed by atoms with Crippen LogP contribution in [0.5, 0.6) is 0 Å². The molecule has 0 saturated carbocycles. The molecule has 0 aromatic heterocycles. The van der Waals surface area contributed by atoms with Crippen molar-refractivity contribution in [2.24, 2.45) is 0 Å². The number of hydrogen-bond donors (Lipinski definition) is 0. The lowest BCUT2D eigenvalue weighted by molar-refractivity contribution is 0.180. The molecular weight excluding hydrogens is 223 g/mol. The smallest absolute Gasteiger partial charge is 0.104 e. The summed E-state index contributed by atoms with van der Waals surface area (Å²) in [7, 11) is 0. The molecule has 0 amide bonds. The molecule has 1 nitrogen and oxygen atoms in total. The Hall–Kier alpha value is -0.0500. The van der Waals surface area contributed by atoms with E-state index in [1.165, 1.54) is 0 Å². The molecule has 12 heavy (non-hydrogen) atoms. The zero-order valence-corrected chi connectivity index (χ0v) is 8.65. The van der Waals surface area contributed by atoms with Gasteiger partial charge in [-0.15, -0.1) is 0 Å². The molecular formula is C9H14BrFO. The van der Waals surface area contributed by atoms with Crippen LogP contribution in [0.15, 0.2) is 11.8 Å². The molecule has 0 saturated heterocycles. The average molecular weight is 237 g/mol. The van der Waals surface area contributed by atoms with E-state index in [4.69, 9.17) is 4.74 Å². The van der Waals surface area contributed by atoms with E-state index in [0.717, 1.165) is 30.5 Å². The van der Waals surface area contributed by atoms with E-state index >= 15 is 0 Å². The van der Waals surface area contributed by atoms with Crippen LogP contribution in [-0.2, 0) is 4.74 Å². The topological polar surface area (TPSA) is 9.23 Å². The predicted octanol–water partition coefficient (Wildman–Crippen LogP) is 3.19. The van der Waals surface area contributed by atoms with E-state index in [-0.39, 0.29) is 0 Å². The summed E-state index contributed by atoms with van der Waals surface area (Å²) in [5, 5.41) is 0.964. The minimum absolute atomic E-state index is 0.531. The highest BCUT2D eigenvalue weighted by Crippen LogP contribution is 2.21. The number of halogens is 2. The van der Waals surface area contributed by atoms with Crippen LogP contribution in [0.4, 0.5) is 4.39 Å². The molecule has 70 valence electrons. The quantitative estimate of drug-likeness (QED) is 0.539. The van der Waals surface area contributed by atoms with Crippen LogP contribution in [-0.4, -0.2) is 18.1 Å². The maximum Gasteiger partial charge on any atom is 0.104 e. The van der Waals surface area contributed by atoms with Crippen LogP contribution in [0.25, 0.3) is 0 Å². The lowest BCUT2D eigenvalue weighted by Crippen LogP contribution is -2.07. The average Bonchev–Trinajstić information content (AvgIpc) is 2.09. The highest BCUT2D eigenvalue weighted by atomic mass is 79.9. The maximum atomic E-state index is 12.6. The molecule has 1 aliphatic rings. The molecule has 0 aromatic carbocycles.